The van der Waals surface area contributed by atoms with Crippen molar-refractivity contribution in [1.29, 1.82) is 0 Å². The Morgan fingerprint density at radius 1 is 1.07 bits per heavy atom. The number of carbonyl (C=O) groups excluding carboxylic acids is 2. The van der Waals surface area contributed by atoms with Gasteiger partial charge in [0.05, 0.1) is 13.7 Å². The predicted octanol–water partition coefficient (Wildman–Crippen LogP) is 5.68. The molecule has 2 N–H and O–H groups in total. The van der Waals surface area contributed by atoms with Gasteiger partial charge in [-0.15, -0.1) is 11.3 Å². The highest BCUT2D eigenvalue weighted by Crippen LogP contribution is 2.40. The van der Waals surface area contributed by atoms with Crippen LogP contribution in [0.5, 0.6) is 5.75 Å². The van der Waals surface area contributed by atoms with Gasteiger partial charge in [0.1, 0.15) is 0 Å². The molecule has 2 aromatic carbocycles. The van der Waals surface area contributed by atoms with Crippen LogP contribution in [0.1, 0.15) is 29.1 Å². The topological polar surface area (TPSA) is 76.7 Å². The van der Waals surface area contributed by atoms with Gasteiger partial charge < -0.3 is 20.1 Å². The molecule has 0 aliphatic heterocycles. The lowest BCUT2D eigenvalue weighted by atomic mass is 10.2. The van der Waals surface area contributed by atoms with Gasteiger partial charge in [0, 0.05) is 21.5 Å². The quantitative estimate of drug-likeness (QED) is 0.511. The lowest BCUT2D eigenvalue weighted by molar-refractivity contribution is 0.0601. The third kappa shape index (κ3) is 5.06. The number of rotatable bonds is 6. The molecule has 152 valence electrons. The van der Waals surface area contributed by atoms with Crippen molar-refractivity contribution in [2.24, 2.45) is 5.92 Å². The summed E-state index contributed by atoms with van der Waals surface area (Å²) < 4.78 is 11.7. The van der Waals surface area contributed by atoms with Gasteiger partial charge in [0.15, 0.2) is 10.6 Å². The number of nitrogens with one attached hydrogen (secondary N) is 2. The molecule has 0 unspecified atom stereocenters. The first-order valence-electron chi connectivity index (χ1n) is 9.29. The largest absolute Gasteiger partial charge is 0.491 e. The van der Waals surface area contributed by atoms with Crippen LogP contribution in [0.2, 0.25) is 0 Å². The van der Waals surface area contributed by atoms with Crippen LogP contribution in [0.15, 0.2) is 42.5 Å². The van der Waals surface area contributed by atoms with Gasteiger partial charge in [0.25, 0.3) is 0 Å². The second kappa shape index (κ2) is 8.96. The molecule has 0 saturated carbocycles. The summed E-state index contributed by atoms with van der Waals surface area (Å²) in [5, 5.41) is 6.41. The summed E-state index contributed by atoms with van der Waals surface area (Å²) in [7, 11) is 1.35. The molecule has 7 heteroatoms. The first-order chi connectivity index (χ1) is 13.9. The van der Waals surface area contributed by atoms with Gasteiger partial charge in [-0.05, 0) is 48.7 Å². The first kappa shape index (κ1) is 20.7. The average Bonchev–Trinajstić information content (AvgIpc) is 3.03. The zero-order chi connectivity index (χ0) is 21.0. The van der Waals surface area contributed by atoms with E-state index in [-0.39, 0.29) is 6.03 Å². The minimum Gasteiger partial charge on any atom is -0.491 e. The molecule has 6 nitrogen and oxygen atoms in total. The van der Waals surface area contributed by atoms with E-state index in [1.165, 1.54) is 18.4 Å². The van der Waals surface area contributed by atoms with Crippen molar-refractivity contribution in [3.8, 4) is 5.75 Å². The van der Waals surface area contributed by atoms with E-state index in [1.807, 2.05) is 57.2 Å². The molecule has 0 atom stereocenters. The fourth-order valence-corrected chi connectivity index (χ4v) is 3.84. The SMILES string of the molecule is COC(=O)c1sc2ccc(NC(=O)Nc3cccc(C)c3)cc2c1OCC(C)C. The molecule has 0 radical (unpaired) electrons. The molecule has 0 bridgehead atoms. The number of urea groups is 1. The van der Waals surface area contributed by atoms with Crippen molar-refractivity contribution in [1.82, 2.24) is 0 Å². The van der Waals surface area contributed by atoms with Crippen LogP contribution in [-0.4, -0.2) is 25.7 Å². The number of ether oxygens (including phenoxy) is 2. The Morgan fingerprint density at radius 2 is 1.79 bits per heavy atom. The van der Waals surface area contributed by atoms with Crippen molar-refractivity contribution in [2.75, 3.05) is 24.4 Å². The standard InChI is InChI=1S/C22H24N2O4S/c1-13(2)12-28-19-17-11-16(8-9-18(17)29-20(19)21(25)27-4)24-22(26)23-15-7-5-6-14(3)10-15/h5-11,13H,12H2,1-4H3,(H2,23,24,26). The van der Waals surface area contributed by atoms with E-state index in [2.05, 4.69) is 10.6 Å². The van der Waals surface area contributed by atoms with Crippen LogP contribution in [0.25, 0.3) is 10.1 Å². The Balaban J connectivity index is 1.86. The van der Waals surface area contributed by atoms with E-state index in [0.29, 0.717) is 34.5 Å². The summed E-state index contributed by atoms with van der Waals surface area (Å²) in [6.07, 6.45) is 0. The van der Waals surface area contributed by atoms with Gasteiger partial charge in [0.2, 0.25) is 0 Å². The first-order valence-corrected chi connectivity index (χ1v) is 10.1. The summed E-state index contributed by atoms with van der Waals surface area (Å²) in [4.78, 5) is 25.0. The van der Waals surface area contributed by atoms with E-state index in [4.69, 9.17) is 9.47 Å². The molecule has 3 rings (SSSR count). The number of aryl methyl sites for hydroxylation is 1. The summed E-state index contributed by atoms with van der Waals surface area (Å²) in [6.45, 7) is 6.51. The van der Waals surface area contributed by atoms with E-state index in [9.17, 15) is 9.59 Å². The van der Waals surface area contributed by atoms with E-state index < -0.39 is 5.97 Å². The normalized spacial score (nSPS) is 10.8. The molecule has 1 aromatic heterocycles. The fourth-order valence-electron chi connectivity index (χ4n) is 2.79. The van der Waals surface area contributed by atoms with Gasteiger partial charge >= 0.3 is 12.0 Å². The molecule has 0 fully saturated rings. The van der Waals surface area contributed by atoms with Gasteiger partial charge in [-0.25, -0.2) is 9.59 Å². The van der Waals surface area contributed by atoms with Crippen molar-refractivity contribution in [3.05, 3.63) is 52.9 Å². The number of fused-ring (bicyclic) bond motifs is 1. The molecule has 0 saturated heterocycles. The predicted molar refractivity (Wildman–Crippen MR) is 117 cm³/mol. The highest BCUT2D eigenvalue weighted by molar-refractivity contribution is 7.21. The third-order valence-electron chi connectivity index (χ3n) is 4.11. The molecule has 0 aliphatic carbocycles. The summed E-state index contributed by atoms with van der Waals surface area (Å²) in [5.41, 5.74) is 2.38. The average molecular weight is 413 g/mol. The molecule has 0 aliphatic rings. The lowest BCUT2D eigenvalue weighted by Gasteiger charge is -2.11. The zero-order valence-corrected chi connectivity index (χ0v) is 17.7. The molecule has 2 amide bonds. The number of hydrogen-bond acceptors (Lipinski definition) is 5. The monoisotopic (exact) mass is 412 g/mol. The van der Waals surface area contributed by atoms with Crippen molar-refractivity contribution in [3.63, 3.8) is 0 Å². The second-order valence-corrected chi connectivity index (χ2v) is 8.17. The van der Waals surface area contributed by atoms with Crippen molar-refractivity contribution < 1.29 is 19.1 Å². The maximum atomic E-state index is 12.4. The number of hydrogen-bond donors (Lipinski definition) is 2. The number of carbonyl (C=O) groups is 2. The fraction of sp³-hybridized carbons (Fsp3) is 0.273. The van der Waals surface area contributed by atoms with E-state index >= 15 is 0 Å². The highest BCUT2D eigenvalue weighted by atomic mass is 32.1. The maximum absolute atomic E-state index is 12.4. The molecule has 1 heterocycles. The molecular formula is C22H24N2O4S. The van der Waals surface area contributed by atoms with Crippen LogP contribution in [0.3, 0.4) is 0 Å². The van der Waals surface area contributed by atoms with E-state index in [0.717, 1.165) is 15.6 Å². The molecule has 29 heavy (non-hydrogen) atoms. The third-order valence-corrected chi connectivity index (χ3v) is 5.24. The Hall–Kier alpha value is -3.06. The van der Waals surface area contributed by atoms with Crippen LogP contribution in [0.4, 0.5) is 16.2 Å². The number of anilines is 2. The summed E-state index contributed by atoms with van der Waals surface area (Å²) in [6, 6.07) is 12.7. The van der Waals surface area contributed by atoms with Gasteiger partial charge in [-0.2, -0.15) is 0 Å². The van der Waals surface area contributed by atoms with Gasteiger partial charge in [-0.1, -0.05) is 26.0 Å². The van der Waals surface area contributed by atoms with Crippen LogP contribution >= 0.6 is 11.3 Å². The Bertz CT molecular complexity index is 1040. The van der Waals surface area contributed by atoms with Gasteiger partial charge in [-0.3, -0.25) is 0 Å². The smallest absolute Gasteiger partial charge is 0.351 e. The number of esters is 1. The molecule has 3 aromatic rings. The number of methoxy groups -OCH3 is 1. The summed E-state index contributed by atoms with van der Waals surface area (Å²) in [5.74, 6) is 0.363. The number of benzene rings is 2. The number of amides is 2. The highest BCUT2D eigenvalue weighted by Gasteiger charge is 2.21. The maximum Gasteiger partial charge on any atom is 0.351 e. The molecular weight excluding hydrogens is 388 g/mol. The van der Waals surface area contributed by atoms with Crippen LogP contribution in [0, 0.1) is 12.8 Å². The minimum atomic E-state index is -0.434. The van der Waals surface area contributed by atoms with E-state index in [1.54, 1.807) is 6.07 Å². The van der Waals surface area contributed by atoms with Crippen LogP contribution in [-0.2, 0) is 4.74 Å². The van der Waals surface area contributed by atoms with Crippen LogP contribution < -0.4 is 15.4 Å². The summed E-state index contributed by atoms with van der Waals surface area (Å²) >= 11 is 1.31. The molecule has 0 spiro atoms. The van der Waals surface area contributed by atoms with Crippen molar-refractivity contribution >= 4 is 44.8 Å². The lowest BCUT2D eigenvalue weighted by Crippen LogP contribution is -2.19. The minimum absolute atomic E-state index is 0.303. The van der Waals surface area contributed by atoms with Crippen molar-refractivity contribution in [2.45, 2.75) is 20.8 Å². The Morgan fingerprint density at radius 3 is 2.45 bits per heavy atom. The Labute approximate surface area is 173 Å². The Kier molecular flexibility index (Phi) is 6.39. The number of thiophene rings is 1. The zero-order valence-electron chi connectivity index (χ0n) is 16.9. The second-order valence-electron chi connectivity index (χ2n) is 7.12.